The Bertz CT molecular complexity index is 600. The smallest absolute Gasteiger partial charge is 0.417 e. The molecular weight excluding hydrogens is 313 g/mol. The molecule has 2 rings (SSSR count). The Morgan fingerprint density at radius 2 is 2.00 bits per heavy atom. The number of carbonyl (C=O) groups is 1. The van der Waals surface area contributed by atoms with Gasteiger partial charge in [-0.2, -0.15) is 13.2 Å². The van der Waals surface area contributed by atoms with Gasteiger partial charge in [0, 0.05) is 19.3 Å². The number of cyclic esters (lactones) is 1. The zero-order valence-corrected chi connectivity index (χ0v) is 11.6. The van der Waals surface area contributed by atoms with Crippen LogP contribution >= 0.6 is 11.6 Å². The Labute approximate surface area is 122 Å². The van der Waals surface area contributed by atoms with E-state index in [1.807, 2.05) is 0 Å². The number of amides is 1. The van der Waals surface area contributed by atoms with Gasteiger partial charge in [-0.1, -0.05) is 11.6 Å². The van der Waals surface area contributed by atoms with Crippen molar-refractivity contribution in [3.05, 3.63) is 33.2 Å². The lowest BCUT2D eigenvalue weighted by atomic mass is 10.2. The third kappa shape index (κ3) is 3.69. The second kappa shape index (κ2) is 5.97. The Hall–Kier alpha value is -1.70. The third-order valence-electron chi connectivity index (χ3n) is 3.04. The van der Waals surface area contributed by atoms with Crippen LogP contribution in [0.25, 0.3) is 0 Å². The fraction of sp³-hybridized carbons (Fsp3) is 0.500. The van der Waals surface area contributed by atoms with Gasteiger partial charge in [0.2, 0.25) is 0 Å². The molecule has 0 spiro atoms. The maximum absolute atomic E-state index is 12.7. The van der Waals surface area contributed by atoms with E-state index in [0.717, 1.165) is 10.8 Å². The quantitative estimate of drug-likeness (QED) is 0.854. The van der Waals surface area contributed by atoms with Crippen LogP contribution in [-0.4, -0.2) is 35.3 Å². The number of aryl methyl sites for hydroxylation is 1. The summed E-state index contributed by atoms with van der Waals surface area (Å²) in [5, 5.41) is -0.481. The summed E-state index contributed by atoms with van der Waals surface area (Å²) >= 11 is 5.54. The number of hydrogen-bond donors (Lipinski definition) is 0. The highest BCUT2D eigenvalue weighted by Gasteiger charge is 2.32. The van der Waals surface area contributed by atoms with Gasteiger partial charge in [-0.3, -0.25) is 4.79 Å². The zero-order valence-electron chi connectivity index (χ0n) is 10.8. The van der Waals surface area contributed by atoms with E-state index in [9.17, 15) is 22.8 Å². The molecule has 1 aliphatic rings. The van der Waals surface area contributed by atoms with Crippen molar-refractivity contribution in [3.8, 4) is 0 Å². The van der Waals surface area contributed by atoms with Crippen LogP contribution in [0.1, 0.15) is 12.0 Å². The summed E-state index contributed by atoms with van der Waals surface area (Å²) < 4.78 is 43.6. The van der Waals surface area contributed by atoms with Crippen molar-refractivity contribution >= 4 is 17.7 Å². The van der Waals surface area contributed by atoms with Gasteiger partial charge in [0.15, 0.2) is 0 Å². The van der Waals surface area contributed by atoms with Crippen molar-refractivity contribution in [3.63, 3.8) is 0 Å². The lowest BCUT2D eigenvalue weighted by Crippen LogP contribution is -2.28. The first-order chi connectivity index (χ1) is 9.79. The standard InChI is InChI=1S/C12H12ClF3N2O3/c13-9-6-8(12(14,15)16)7-18(10(9)19)3-1-2-17-4-5-21-11(17)20/h6-7H,1-5H2. The van der Waals surface area contributed by atoms with Crippen LogP contribution in [0.2, 0.25) is 5.02 Å². The fourth-order valence-corrected chi connectivity index (χ4v) is 2.21. The molecule has 0 aliphatic carbocycles. The molecule has 21 heavy (non-hydrogen) atoms. The molecule has 2 heterocycles. The molecule has 1 aliphatic heterocycles. The summed E-state index contributed by atoms with van der Waals surface area (Å²) in [4.78, 5) is 24.3. The molecule has 1 aromatic heterocycles. The highest BCUT2D eigenvalue weighted by Crippen LogP contribution is 2.29. The first kappa shape index (κ1) is 15.7. The molecule has 1 saturated heterocycles. The number of halogens is 4. The van der Waals surface area contributed by atoms with E-state index in [4.69, 9.17) is 16.3 Å². The number of rotatable bonds is 4. The molecule has 0 unspecified atom stereocenters. The van der Waals surface area contributed by atoms with Crippen LogP contribution < -0.4 is 5.56 Å². The van der Waals surface area contributed by atoms with E-state index >= 15 is 0 Å². The molecule has 0 atom stereocenters. The monoisotopic (exact) mass is 324 g/mol. The topological polar surface area (TPSA) is 51.5 Å². The maximum Gasteiger partial charge on any atom is 0.417 e. The number of nitrogens with zero attached hydrogens (tertiary/aromatic N) is 2. The van der Waals surface area contributed by atoms with E-state index in [2.05, 4.69) is 0 Å². The number of carbonyl (C=O) groups excluding carboxylic acids is 1. The van der Waals surface area contributed by atoms with Crippen LogP contribution in [-0.2, 0) is 17.5 Å². The zero-order chi connectivity index (χ0) is 15.6. The largest absolute Gasteiger partial charge is 0.448 e. The van der Waals surface area contributed by atoms with Crippen LogP contribution in [0.4, 0.5) is 18.0 Å². The van der Waals surface area contributed by atoms with Gasteiger partial charge in [0.1, 0.15) is 11.6 Å². The molecule has 0 N–H and O–H groups in total. The van der Waals surface area contributed by atoms with E-state index in [0.29, 0.717) is 32.2 Å². The molecule has 116 valence electrons. The summed E-state index contributed by atoms with van der Waals surface area (Å²) in [5.74, 6) is 0. The number of pyridine rings is 1. The predicted molar refractivity (Wildman–Crippen MR) is 68.3 cm³/mol. The van der Waals surface area contributed by atoms with Crippen LogP contribution in [0.15, 0.2) is 17.1 Å². The molecule has 5 nitrogen and oxygen atoms in total. The Morgan fingerprint density at radius 3 is 2.57 bits per heavy atom. The molecular formula is C12H12ClF3N2O3. The Morgan fingerprint density at radius 1 is 1.29 bits per heavy atom. The molecule has 0 saturated carbocycles. The van der Waals surface area contributed by atoms with Crippen molar-refractivity contribution in [1.82, 2.24) is 9.47 Å². The van der Waals surface area contributed by atoms with Crippen molar-refractivity contribution in [2.45, 2.75) is 19.1 Å². The molecule has 1 fully saturated rings. The van der Waals surface area contributed by atoms with E-state index in [-0.39, 0.29) is 6.54 Å². The van der Waals surface area contributed by atoms with Gasteiger partial charge < -0.3 is 14.2 Å². The first-order valence-electron chi connectivity index (χ1n) is 6.18. The molecule has 1 amide bonds. The Kier molecular flexibility index (Phi) is 4.46. The normalized spacial score (nSPS) is 15.4. The first-order valence-corrected chi connectivity index (χ1v) is 6.56. The van der Waals surface area contributed by atoms with Gasteiger partial charge in [-0.05, 0) is 12.5 Å². The average Bonchev–Trinajstić information content (AvgIpc) is 2.79. The van der Waals surface area contributed by atoms with Gasteiger partial charge >= 0.3 is 12.3 Å². The summed E-state index contributed by atoms with van der Waals surface area (Å²) in [6.45, 7) is 1.08. The predicted octanol–water partition coefficient (Wildman–Crippen LogP) is 2.36. The van der Waals surface area contributed by atoms with Crippen molar-refractivity contribution in [2.75, 3.05) is 19.7 Å². The van der Waals surface area contributed by atoms with Crippen LogP contribution in [0, 0.1) is 0 Å². The SMILES string of the molecule is O=C1OCCN1CCCn1cc(C(F)(F)F)cc(Cl)c1=O. The van der Waals surface area contributed by atoms with Gasteiger partial charge in [0.05, 0.1) is 12.1 Å². The fourth-order valence-electron chi connectivity index (χ4n) is 1.98. The molecule has 1 aromatic rings. The van der Waals surface area contributed by atoms with Crippen LogP contribution in [0.5, 0.6) is 0 Å². The van der Waals surface area contributed by atoms with Crippen molar-refractivity contribution < 1.29 is 22.7 Å². The van der Waals surface area contributed by atoms with Crippen LogP contribution in [0.3, 0.4) is 0 Å². The summed E-state index contributed by atoms with van der Waals surface area (Å²) in [6.07, 6.45) is -3.97. The second-order valence-electron chi connectivity index (χ2n) is 4.53. The Balaban J connectivity index is 2.07. The number of alkyl halides is 3. The van der Waals surface area contributed by atoms with Crippen molar-refractivity contribution in [1.29, 1.82) is 0 Å². The lowest BCUT2D eigenvalue weighted by molar-refractivity contribution is -0.138. The molecule has 0 bridgehead atoms. The minimum Gasteiger partial charge on any atom is -0.448 e. The van der Waals surface area contributed by atoms with Gasteiger partial charge in [-0.25, -0.2) is 4.79 Å². The summed E-state index contributed by atoms with van der Waals surface area (Å²) in [7, 11) is 0. The molecule has 0 radical (unpaired) electrons. The summed E-state index contributed by atoms with van der Waals surface area (Å²) in [5.41, 5.74) is -1.67. The van der Waals surface area contributed by atoms with Crippen molar-refractivity contribution in [2.24, 2.45) is 0 Å². The third-order valence-corrected chi connectivity index (χ3v) is 3.31. The molecule has 0 aromatic carbocycles. The highest BCUT2D eigenvalue weighted by atomic mass is 35.5. The van der Waals surface area contributed by atoms with E-state index in [1.165, 1.54) is 4.90 Å². The average molecular weight is 325 g/mol. The molecule has 9 heteroatoms. The lowest BCUT2D eigenvalue weighted by Gasteiger charge is -2.14. The highest BCUT2D eigenvalue weighted by molar-refractivity contribution is 6.30. The summed E-state index contributed by atoms with van der Waals surface area (Å²) in [6, 6.07) is 0.609. The number of aromatic nitrogens is 1. The minimum absolute atomic E-state index is 0.0340. The number of ether oxygens (including phenoxy) is 1. The second-order valence-corrected chi connectivity index (χ2v) is 4.94. The van der Waals surface area contributed by atoms with E-state index in [1.54, 1.807) is 0 Å². The number of hydrogen-bond acceptors (Lipinski definition) is 3. The van der Waals surface area contributed by atoms with E-state index < -0.39 is 28.4 Å². The van der Waals surface area contributed by atoms with Gasteiger partial charge in [-0.15, -0.1) is 0 Å². The van der Waals surface area contributed by atoms with Gasteiger partial charge in [0.25, 0.3) is 5.56 Å². The maximum atomic E-state index is 12.7. The minimum atomic E-state index is -4.57.